The summed E-state index contributed by atoms with van der Waals surface area (Å²) >= 11 is 3.35. The highest BCUT2D eigenvalue weighted by atomic mass is 79.9. The van der Waals surface area contributed by atoms with E-state index in [9.17, 15) is 4.79 Å². The van der Waals surface area contributed by atoms with E-state index in [1.807, 2.05) is 25.1 Å². The largest absolute Gasteiger partial charge is 0.478 e. The average molecular weight is 256 g/mol. The quantitative estimate of drug-likeness (QED) is 0.838. The smallest absolute Gasteiger partial charge is 0.265 e. The van der Waals surface area contributed by atoms with Crippen LogP contribution < -0.4 is 10.1 Å². The molecule has 1 heterocycles. The molecule has 2 rings (SSSR count). The molecule has 0 fully saturated rings. The lowest BCUT2D eigenvalue weighted by Crippen LogP contribution is -2.36. The van der Waals surface area contributed by atoms with Crippen LogP contribution in [0.1, 0.15) is 13.3 Å². The van der Waals surface area contributed by atoms with Gasteiger partial charge in [0.25, 0.3) is 5.91 Å². The molecule has 0 aromatic heterocycles. The SMILES string of the molecule is CCC1Oc2cc(Br)ccc2NC1=O. The first-order chi connectivity index (χ1) is 6.70. The van der Waals surface area contributed by atoms with Gasteiger partial charge in [-0.2, -0.15) is 0 Å². The van der Waals surface area contributed by atoms with Crippen molar-refractivity contribution in [1.82, 2.24) is 0 Å². The van der Waals surface area contributed by atoms with Gasteiger partial charge in [-0.25, -0.2) is 0 Å². The second-order valence-corrected chi connectivity index (χ2v) is 4.06. The monoisotopic (exact) mass is 255 g/mol. The minimum Gasteiger partial charge on any atom is -0.478 e. The molecule has 0 saturated carbocycles. The highest BCUT2D eigenvalue weighted by Crippen LogP contribution is 2.32. The van der Waals surface area contributed by atoms with Crippen molar-refractivity contribution in [2.24, 2.45) is 0 Å². The number of carbonyl (C=O) groups excluding carboxylic acids is 1. The van der Waals surface area contributed by atoms with Crippen LogP contribution in [-0.2, 0) is 4.79 Å². The van der Waals surface area contributed by atoms with E-state index >= 15 is 0 Å². The zero-order valence-electron chi connectivity index (χ0n) is 7.71. The molecule has 1 amide bonds. The molecule has 1 aromatic rings. The molecular formula is C10H10BrNO2. The van der Waals surface area contributed by atoms with Gasteiger partial charge in [-0.15, -0.1) is 0 Å². The Morgan fingerprint density at radius 1 is 1.57 bits per heavy atom. The van der Waals surface area contributed by atoms with Crippen LogP contribution >= 0.6 is 15.9 Å². The zero-order chi connectivity index (χ0) is 10.1. The fourth-order valence-electron chi connectivity index (χ4n) is 1.39. The van der Waals surface area contributed by atoms with E-state index < -0.39 is 0 Å². The molecule has 1 aliphatic rings. The van der Waals surface area contributed by atoms with Gasteiger partial charge in [0, 0.05) is 4.47 Å². The van der Waals surface area contributed by atoms with Crippen LogP contribution in [0.15, 0.2) is 22.7 Å². The van der Waals surface area contributed by atoms with Crippen LogP contribution in [0.25, 0.3) is 0 Å². The zero-order valence-corrected chi connectivity index (χ0v) is 9.30. The fraction of sp³-hybridized carbons (Fsp3) is 0.300. The fourth-order valence-corrected chi connectivity index (χ4v) is 1.73. The molecule has 1 N–H and O–H groups in total. The van der Waals surface area contributed by atoms with E-state index in [0.717, 1.165) is 15.9 Å². The van der Waals surface area contributed by atoms with E-state index in [1.54, 1.807) is 0 Å². The number of benzene rings is 1. The Hall–Kier alpha value is -1.03. The number of hydrogen-bond donors (Lipinski definition) is 1. The van der Waals surface area contributed by atoms with Crippen molar-refractivity contribution in [3.8, 4) is 5.75 Å². The van der Waals surface area contributed by atoms with Crippen LogP contribution in [-0.4, -0.2) is 12.0 Å². The number of ether oxygens (including phenoxy) is 1. The molecule has 1 atom stereocenters. The second-order valence-electron chi connectivity index (χ2n) is 3.14. The van der Waals surface area contributed by atoms with E-state index in [4.69, 9.17) is 4.74 Å². The summed E-state index contributed by atoms with van der Waals surface area (Å²) in [5, 5.41) is 2.80. The number of amides is 1. The first-order valence-corrected chi connectivity index (χ1v) is 5.27. The predicted octanol–water partition coefficient (Wildman–Crippen LogP) is 2.56. The summed E-state index contributed by atoms with van der Waals surface area (Å²) in [7, 11) is 0. The number of halogens is 1. The number of carbonyl (C=O) groups is 1. The summed E-state index contributed by atoms with van der Waals surface area (Å²) in [5.74, 6) is 0.660. The van der Waals surface area contributed by atoms with Crippen molar-refractivity contribution < 1.29 is 9.53 Å². The maximum absolute atomic E-state index is 11.4. The minimum atomic E-state index is -0.364. The van der Waals surface area contributed by atoms with Crippen molar-refractivity contribution in [2.75, 3.05) is 5.32 Å². The van der Waals surface area contributed by atoms with E-state index in [0.29, 0.717) is 6.42 Å². The summed E-state index contributed by atoms with van der Waals surface area (Å²) in [6.07, 6.45) is 0.314. The van der Waals surface area contributed by atoms with Gasteiger partial charge >= 0.3 is 0 Å². The number of rotatable bonds is 1. The van der Waals surface area contributed by atoms with Gasteiger partial charge in [-0.3, -0.25) is 4.79 Å². The van der Waals surface area contributed by atoms with E-state index in [-0.39, 0.29) is 12.0 Å². The highest BCUT2D eigenvalue weighted by molar-refractivity contribution is 9.10. The summed E-state index contributed by atoms with van der Waals surface area (Å²) < 4.78 is 6.48. The predicted molar refractivity (Wildman–Crippen MR) is 57.5 cm³/mol. The molecule has 4 heteroatoms. The maximum atomic E-state index is 11.4. The van der Waals surface area contributed by atoms with Crippen LogP contribution in [0.5, 0.6) is 5.75 Å². The van der Waals surface area contributed by atoms with Crippen molar-refractivity contribution in [1.29, 1.82) is 0 Å². The Kier molecular flexibility index (Phi) is 2.46. The molecule has 14 heavy (non-hydrogen) atoms. The Morgan fingerprint density at radius 3 is 3.07 bits per heavy atom. The molecule has 1 aliphatic heterocycles. The lowest BCUT2D eigenvalue weighted by atomic mass is 10.2. The van der Waals surface area contributed by atoms with Crippen molar-refractivity contribution in [2.45, 2.75) is 19.4 Å². The van der Waals surface area contributed by atoms with Crippen molar-refractivity contribution in [3.63, 3.8) is 0 Å². The Bertz CT molecular complexity index is 378. The molecule has 0 bridgehead atoms. The van der Waals surface area contributed by atoms with Crippen LogP contribution in [0, 0.1) is 0 Å². The third-order valence-electron chi connectivity index (χ3n) is 2.13. The van der Waals surface area contributed by atoms with Gasteiger partial charge < -0.3 is 10.1 Å². The molecule has 1 aromatic carbocycles. The van der Waals surface area contributed by atoms with Crippen LogP contribution in [0.3, 0.4) is 0 Å². The summed E-state index contributed by atoms with van der Waals surface area (Å²) in [6.45, 7) is 1.92. The lowest BCUT2D eigenvalue weighted by Gasteiger charge is -2.24. The van der Waals surface area contributed by atoms with Crippen molar-refractivity contribution in [3.05, 3.63) is 22.7 Å². The minimum absolute atomic E-state index is 0.0673. The third-order valence-corrected chi connectivity index (χ3v) is 2.63. The molecule has 0 saturated heterocycles. The van der Waals surface area contributed by atoms with Gasteiger partial charge in [0.05, 0.1) is 5.69 Å². The van der Waals surface area contributed by atoms with Crippen molar-refractivity contribution >= 4 is 27.5 Å². The standard InChI is InChI=1S/C10H10BrNO2/c1-2-8-10(13)12-7-4-3-6(11)5-9(7)14-8/h3-5,8H,2H2,1H3,(H,12,13). The second kappa shape index (κ2) is 3.61. The van der Waals surface area contributed by atoms with Gasteiger partial charge in [-0.05, 0) is 24.6 Å². The Balaban J connectivity index is 2.36. The number of anilines is 1. The van der Waals surface area contributed by atoms with Gasteiger partial charge in [0.1, 0.15) is 5.75 Å². The third kappa shape index (κ3) is 1.62. The first kappa shape index (κ1) is 9.52. The molecule has 3 nitrogen and oxygen atoms in total. The first-order valence-electron chi connectivity index (χ1n) is 4.47. The summed E-state index contributed by atoms with van der Waals surface area (Å²) in [6, 6.07) is 5.55. The number of nitrogens with one attached hydrogen (secondary N) is 1. The molecule has 0 radical (unpaired) electrons. The van der Waals surface area contributed by atoms with E-state index in [1.165, 1.54) is 0 Å². The highest BCUT2D eigenvalue weighted by Gasteiger charge is 2.25. The van der Waals surface area contributed by atoms with Crippen LogP contribution in [0.4, 0.5) is 5.69 Å². The van der Waals surface area contributed by atoms with E-state index in [2.05, 4.69) is 21.2 Å². The number of fused-ring (bicyclic) bond motifs is 1. The molecular weight excluding hydrogens is 246 g/mol. The maximum Gasteiger partial charge on any atom is 0.265 e. The molecule has 74 valence electrons. The molecule has 0 aliphatic carbocycles. The van der Waals surface area contributed by atoms with Gasteiger partial charge in [0.2, 0.25) is 0 Å². The van der Waals surface area contributed by atoms with Gasteiger partial charge in [-0.1, -0.05) is 22.9 Å². The van der Waals surface area contributed by atoms with Crippen LogP contribution in [0.2, 0.25) is 0 Å². The average Bonchev–Trinajstić information content (AvgIpc) is 2.17. The molecule has 1 unspecified atom stereocenters. The number of hydrogen-bond acceptors (Lipinski definition) is 2. The summed E-state index contributed by atoms with van der Waals surface area (Å²) in [4.78, 5) is 11.4. The summed E-state index contributed by atoms with van der Waals surface area (Å²) in [5.41, 5.74) is 0.739. The Morgan fingerprint density at radius 2 is 2.36 bits per heavy atom. The lowest BCUT2D eigenvalue weighted by molar-refractivity contribution is -0.123. The topological polar surface area (TPSA) is 38.3 Å². The normalized spacial score (nSPS) is 19.6. The Labute approximate surface area is 90.6 Å². The van der Waals surface area contributed by atoms with Gasteiger partial charge in [0.15, 0.2) is 6.10 Å². The molecule has 0 spiro atoms.